The summed E-state index contributed by atoms with van der Waals surface area (Å²) in [7, 11) is 0. The van der Waals surface area contributed by atoms with Gasteiger partial charge in [-0.15, -0.1) is 11.8 Å². The van der Waals surface area contributed by atoms with Crippen molar-refractivity contribution in [1.82, 2.24) is 0 Å². The Hall–Kier alpha value is -2.26. The van der Waals surface area contributed by atoms with E-state index in [9.17, 15) is 4.79 Å². The van der Waals surface area contributed by atoms with Crippen LogP contribution in [0.25, 0.3) is 11.3 Å². The first-order chi connectivity index (χ1) is 10.3. The molecule has 3 heteroatoms. The van der Waals surface area contributed by atoms with Crippen molar-refractivity contribution in [3.8, 4) is 11.3 Å². The minimum atomic E-state index is -0.280. The smallest absolute Gasteiger partial charge is 0.350 e. The zero-order chi connectivity index (χ0) is 14.5. The van der Waals surface area contributed by atoms with Gasteiger partial charge in [-0.25, -0.2) is 4.79 Å². The Morgan fingerprint density at radius 2 is 1.48 bits per heavy atom. The third-order valence-corrected chi connectivity index (χ3v) is 4.18. The monoisotopic (exact) mass is 294 g/mol. The molecule has 0 unspecified atom stereocenters. The number of benzene rings is 2. The molecule has 0 N–H and O–H groups in total. The molecule has 2 aromatic carbocycles. The molecule has 0 fully saturated rings. The third-order valence-electron chi connectivity index (χ3n) is 3.09. The molecule has 0 bridgehead atoms. The maximum Gasteiger partial charge on any atom is 0.350 e. The fraction of sp³-hybridized carbons (Fsp3) is 0.0556. The normalized spacial score (nSPS) is 10.5. The molecule has 0 aliphatic heterocycles. The Bertz CT molecular complexity index is 764. The molecule has 2 nitrogen and oxygen atoms in total. The molecular weight excluding hydrogens is 280 g/mol. The van der Waals surface area contributed by atoms with E-state index in [1.807, 2.05) is 72.8 Å². The molecule has 0 spiro atoms. The molecule has 0 saturated carbocycles. The van der Waals surface area contributed by atoms with Crippen LogP contribution in [0.3, 0.4) is 0 Å². The van der Waals surface area contributed by atoms with Gasteiger partial charge in [0, 0.05) is 11.3 Å². The second-order valence-corrected chi connectivity index (χ2v) is 5.61. The Morgan fingerprint density at radius 3 is 2.14 bits per heavy atom. The highest BCUT2D eigenvalue weighted by atomic mass is 32.2. The van der Waals surface area contributed by atoms with Gasteiger partial charge in [0.25, 0.3) is 0 Å². The summed E-state index contributed by atoms with van der Waals surface area (Å²) >= 11 is 1.50. The predicted octanol–water partition coefficient (Wildman–Crippen LogP) is 4.60. The van der Waals surface area contributed by atoms with Crippen LogP contribution in [-0.4, -0.2) is 0 Å². The van der Waals surface area contributed by atoms with Crippen LogP contribution < -0.4 is 5.63 Å². The lowest BCUT2D eigenvalue weighted by atomic mass is 10.2. The van der Waals surface area contributed by atoms with E-state index in [2.05, 4.69) is 0 Å². The summed E-state index contributed by atoms with van der Waals surface area (Å²) in [5.41, 5.74) is 1.82. The molecule has 1 aromatic heterocycles. The van der Waals surface area contributed by atoms with Crippen LogP contribution in [0.4, 0.5) is 0 Å². The topological polar surface area (TPSA) is 30.2 Å². The molecule has 1 heterocycles. The van der Waals surface area contributed by atoms with Gasteiger partial charge < -0.3 is 4.42 Å². The van der Waals surface area contributed by atoms with Crippen molar-refractivity contribution in [3.05, 3.63) is 88.8 Å². The van der Waals surface area contributed by atoms with Crippen molar-refractivity contribution >= 4 is 11.8 Å². The minimum absolute atomic E-state index is 0.280. The Morgan fingerprint density at radius 1 is 0.810 bits per heavy atom. The van der Waals surface area contributed by atoms with Crippen molar-refractivity contribution < 1.29 is 4.42 Å². The highest BCUT2D eigenvalue weighted by molar-refractivity contribution is 7.98. The van der Waals surface area contributed by atoms with E-state index in [0.717, 1.165) is 11.3 Å². The Labute approximate surface area is 127 Å². The number of rotatable bonds is 4. The minimum Gasteiger partial charge on any atom is -0.422 e. The van der Waals surface area contributed by atoms with Crippen LogP contribution in [-0.2, 0) is 5.75 Å². The maximum absolute atomic E-state index is 12.0. The first-order valence-corrected chi connectivity index (χ1v) is 7.68. The molecule has 0 atom stereocenters. The molecule has 0 saturated heterocycles. The van der Waals surface area contributed by atoms with E-state index < -0.39 is 0 Å². The van der Waals surface area contributed by atoms with E-state index in [1.165, 1.54) is 17.3 Å². The molecule has 0 radical (unpaired) electrons. The largest absolute Gasteiger partial charge is 0.422 e. The lowest BCUT2D eigenvalue weighted by molar-refractivity contribution is 0.509. The van der Waals surface area contributed by atoms with Gasteiger partial charge in [-0.05, 0) is 17.7 Å². The summed E-state index contributed by atoms with van der Waals surface area (Å²) in [6, 6.07) is 23.4. The summed E-state index contributed by atoms with van der Waals surface area (Å²) in [5.74, 6) is 1.36. The highest BCUT2D eigenvalue weighted by Crippen LogP contribution is 2.23. The quantitative estimate of drug-likeness (QED) is 0.659. The van der Waals surface area contributed by atoms with Crippen LogP contribution in [0.2, 0.25) is 0 Å². The standard InChI is InChI=1S/C18H14O2S/c19-18-17(21-13-14-7-3-1-4-8-14)12-11-16(20-18)15-9-5-2-6-10-15/h1-12H,13H2. The zero-order valence-electron chi connectivity index (χ0n) is 11.4. The zero-order valence-corrected chi connectivity index (χ0v) is 12.2. The van der Waals surface area contributed by atoms with Crippen molar-refractivity contribution in [1.29, 1.82) is 0 Å². The molecule has 21 heavy (non-hydrogen) atoms. The first kappa shape index (κ1) is 13.7. The van der Waals surface area contributed by atoms with E-state index in [-0.39, 0.29) is 5.63 Å². The summed E-state index contributed by atoms with van der Waals surface area (Å²) in [6.45, 7) is 0. The van der Waals surface area contributed by atoms with Gasteiger partial charge in [-0.2, -0.15) is 0 Å². The molecule has 0 amide bonds. The van der Waals surface area contributed by atoms with Gasteiger partial charge >= 0.3 is 5.63 Å². The van der Waals surface area contributed by atoms with Crippen LogP contribution in [0.1, 0.15) is 5.56 Å². The van der Waals surface area contributed by atoms with Gasteiger partial charge in [-0.3, -0.25) is 0 Å². The van der Waals surface area contributed by atoms with Crippen molar-refractivity contribution in [2.45, 2.75) is 10.6 Å². The van der Waals surface area contributed by atoms with Gasteiger partial charge in [0.2, 0.25) is 0 Å². The van der Waals surface area contributed by atoms with E-state index in [4.69, 9.17) is 4.42 Å². The van der Waals surface area contributed by atoms with Gasteiger partial charge in [0.15, 0.2) is 0 Å². The molecule has 3 aromatic rings. The second kappa shape index (κ2) is 6.46. The van der Waals surface area contributed by atoms with E-state index in [1.54, 1.807) is 0 Å². The fourth-order valence-corrected chi connectivity index (χ4v) is 2.84. The van der Waals surface area contributed by atoms with Crippen molar-refractivity contribution in [2.75, 3.05) is 0 Å². The van der Waals surface area contributed by atoms with E-state index >= 15 is 0 Å². The predicted molar refractivity (Wildman–Crippen MR) is 86.4 cm³/mol. The Balaban J connectivity index is 1.78. The fourth-order valence-electron chi connectivity index (χ4n) is 2.00. The first-order valence-electron chi connectivity index (χ1n) is 6.69. The van der Waals surface area contributed by atoms with Gasteiger partial charge in [0.1, 0.15) is 5.76 Å². The molecule has 0 aliphatic carbocycles. The highest BCUT2D eigenvalue weighted by Gasteiger charge is 2.06. The summed E-state index contributed by atoms with van der Waals surface area (Å²) in [5, 5.41) is 0. The number of hydrogen-bond donors (Lipinski definition) is 0. The number of thioether (sulfide) groups is 1. The number of hydrogen-bond acceptors (Lipinski definition) is 3. The molecule has 104 valence electrons. The average Bonchev–Trinajstić information content (AvgIpc) is 2.55. The Kier molecular flexibility index (Phi) is 4.22. The van der Waals surface area contributed by atoms with Crippen LogP contribution in [0.5, 0.6) is 0 Å². The second-order valence-electron chi connectivity index (χ2n) is 4.59. The summed E-state index contributed by atoms with van der Waals surface area (Å²) in [6.07, 6.45) is 0. The lowest BCUT2D eigenvalue weighted by Crippen LogP contribution is -2.02. The molecular formula is C18H14O2S. The van der Waals surface area contributed by atoms with Crippen LogP contribution in [0, 0.1) is 0 Å². The van der Waals surface area contributed by atoms with Crippen molar-refractivity contribution in [3.63, 3.8) is 0 Å². The van der Waals surface area contributed by atoms with E-state index in [0.29, 0.717) is 10.7 Å². The van der Waals surface area contributed by atoms with Crippen molar-refractivity contribution in [2.24, 2.45) is 0 Å². The average molecular weight is 294 g/mol. The molecule has 3 rings (SSSR count). The third kappa shape index (κ3) is 3.44. The summed E-state index contributed by atoms with van der Waals surface area (Å²) < 4.78 is 5.41. The van der Waals surface area contributed by atoms with Gasteiger partial charge in [0.05, 0.1) is 4.90 Å². The summed E-state index contributed by atoms with van der Waals surface area (Å²) in [4.78, 5) is 12.7. The van der Waals surface area contributed by atoms with Gasteiger partial charge in [-0.1, -0.05) is 60.7 Å². The maximum atomic E-state index is 12.0. The molecule has 0 aliphatic rings. The van der Waals surface area contributed by atoms with Crippen LogP contribution >= 0.6 is 11.8 Å². The lowest BCUT2D eigenvalue weighted by Gasteiger charge is -2.03. The van der Waals surface area contributed by atoms with Crippen LogP contribution in [0.15, 0.2) is 86.9 Å². The SMILES string of the molecule is O=c1oc(-c2ccccc2)ccc1SCc1ccccc1.